The van der Waals surface area contributed by atoms with E-state index in [4.69, 9.17) is 4.74 Å². The highest BCUT2D eigenvalue weighted by Crippen LogP contribution is 2.39. The van der Waals surface area contributed by atoms with E-state index >= 15 is 0 Å². The van der Waals surface area contributed by atoms with Gasteiger partial charge < -0.3 is 20.1 Å². The first-order chi connectivity index (χ1) is 6.46. The van der Waals surface area contributed by atoms with E-state index in [1.807, 2.05) is 6.92 Å². The highest BCUT2D eigenvalue weighted by Gasteiger charge is 2.48. The van der Waals surface area contributed by atoms with Crippen molar-refractivity contribution in [1.29, 1.82) is 0 Å². The smallest absolute Gasteiger partial charge is 0.109 e. The van der Waals surface area contributed by atoms with Gasteiger partial charge in [-0.3, -0.25) is 0 Å². The zero-order chi connectivity index (χ0) is 10.9. The molecule has 0 spiro atoms. The molecule has 14 heavy (non-hydrogen) atoms. The van der Waals surface area contributed by atoms with Crippen LogP contribution in [0.4, 0.5) is 0 Å². The summed E-state index contributed by atoms with van der Waals surface area (Å²) in [6, 6.07) is 0. The van der Waals surface area contributed by atoms with Gasteiger partial charge >= 0.3 is 0 Å². The Morgan fingerprint density at radius 2 is 1.93 bits per heavy atom. The maximum absolute atomic E-state index is 9.69. The largest absolute Gasteiger partial charge is 0.390 e. The Kier molecular flexibility index (Phi) is 3.32. The summed E-state index contributed by atoms with van der Waals surface area (Å²) in [7, 11) is 1.47. The Bertz CT molecular complexity index is 218. The van der Waals surface area contributed by atoms with E-state index in [1.165, 1.54) is 7.11 Å². The molecule has 1 aliphatic rings. The van der Waals surface area contributed by atoms with Crippen molar-refractivity contribution in [2.24, 2.45) is 5.41 Å². The van der Waals surface area contributed by atoms with Crippen molar-refractivity contribution in [2.75, 3.05) is 7.11 Å². The molecule has 1 saturated carbocycles. The number of hydrogen-bond acceptors (Lipinski definition) is 4. The van der Waals surface area contributed by atoms with E-state index in [-0.39, 0.29) is 0 Å². The predicted molar refractivity (Wildman–Crippen MR) is 51.7 cm³/mol. The van der Waals surface area contributed by atoms with E-state index in [0.29, 0.717) is 6.42 Å². The van der Waals surface area contributed by atoms with E-state index in [0.717, 1.165) is 0 Å². The zero-order valence-electron chi connectivity index (χ0n) is 8.55. The summed E-state index contributed by atoms with van der Waals surface area (Å²) in [6.45, 7) is 5.50. The lowest BCUT2D eigenvalue weighted by Crippen LogP contribution is -2.58. The molecular formula is C10H18O4. The summed E-state index contributed by atoms with van der Waals surface area (Å²) in [6.07, 6.45) is -1.69. The Labute approximate surface area is 83.8 Å². The number of aliphatic hydroxyl groups is 3. The monoisotopic (exact) mass is 202 g/mol. The molecule has 1 rings (SSSR count). The SMILES string of the molecule is C=C[C@]1(C)CC(O)[C@H](O)[C@H](O)[C@H]1OC. The number of aliphatic hydroxyl groups excluding tert-OH is 3. The molecular weight excluding hydrogens is 184 g/mol. The van der Waals surface area contributed by atoms with Crippen molar-refractivity contribution in [3.05, 3.63) is 12.7 Å². The van der Waals surface area contributed by atoms with Crippen LogP contribution in [0.1, 0.15) is 13.3 Å². The number of methoxy groups -OCH3 is 1. The van der Waals surface area contributed by atoms with Crippen LogP contribution in [0.2, 0.25) is 0 Å². The Morgan fingerprint density at radius 3 is 2.36 bits per heavy atom. The van der Waals surface area contributed by atoms with Gasteiger partial charge in [0.05, 0.1) is 12.2 Å². The normalized spacial score (nSPS) is 48.9. The molecule has 3 N–H and O–H groups in total. The average Bonchev–Trinajstić information content (AvgIpc) is 2.15. The quantitative estimate of drug-likeness (QED) is 0.537. The molecule has 1 unspecified atom stereocenters. The van der Waals surface area contributed by atoms with Crippen LogP contribution in [0, 0.1) is 5.41 Å². The van der Waals surface area contributed by atoms with Crippen LogP contribution in [-0.2, 0) is 4.74 Å². The fourth-order valence-corrected chi connectivity index (χ4v) is 2.09. The average molecular weight is 202 g/mol. The van der Waals surface area contributed by atoms with Gasteiger partial charge in [-0.1, -0.05) is 13.0 Å². The first kappa shape index (κ1) is 11.7. The fourth-order valence-electron chi connectivity index (χ4n) is 2.09. The molecule has 0 aliphatic heterocycles. The molecule has 0 heterocycles. The molecule has 0 aromatic heterocycles. The van der Waals surface area contributed by atoms with Gasteiger partial charge in [-0.15, -0.1) is 6.58 Å². The number of hydrogen-bond donors (Lipinski definition) is 3. The minimum atomic E-state index is -1.15. The summed E-state index contributed by atoms with van der Waals surface area (Å²) < 4.78 is 5.14. The van der Waals surface area contributed by atoms with Crippen LogP contribution in [0.25, 0.3) is 0 Å². The van der Waals surface area contributed by atoms with Gasteiger partial charge in [-0.25, -0.2) is 0 Å². The number of ether oxygens (including phenoxy) is 1. The van der Waals surface area contributed by atoms with Gasteiger partial charge in [0.2, 0.25) is 0 Å². The Hall–Kier alpha value is -0.420. The molecule has 0 saturated heterocycles. The standard InChI is InChI=1S/C10H18O4/c1-4-10(2)5-6(11)7(12)8(13)9(10)14-3/h4,6-9,11-13H,1,5H2,2-3H3/t6?,7-,8-,9+,10+/m0/s1. The van der Waals surface area contributed by atoms with E-state index in [2.05, 4.69) is 6.58 Å². The molecule has 5 atom stereocenters. The van der Waals surface area contributed by atoms with Crippen molar-refractivity contribution in [3.63, 3.8) is 0 Å². The molecule has 0 aromatic rings. The second-order valence-electron chi connectivity index (χ2n) is 4.12. The lowest BCUT2D eigenvalue weighted by Gasteiger charge is -2.45. The van der Waals surface area contributed by atoms with E-state index in [9.17, 15) is 15.3 Å². The summed E-state index contributed by atoms with van der Waals surface area (Å²) in [5.74, 6) is 0. The van der Waals surface area contributed by atoms with Gasteiger partial charge in [0.1, 0.15) is 12.2 Å². The molecule has 4 heteroatoms. The first-order valence-electron chi connectivity index (χ1n) is 4.67. The molecule has 0 amide bonds. The van der Waals surface area contributed by atoms with Crippen molar-refractivity contribution >= 4 is 0 Å². The van der Waals surface area contributed by atoms with Crippen molar-refractivity contribution in [2.45, 2.75) is 37.8 Å². The van der Waals surface area contributed by atoms with Crippen LogP contribution in [0.3, 0.4) is 0 Å². The molecule has 0 bridgehead atoms. The van der Waals surface area contributed by atoms with E-state index in [1.54, 1.807) is 6.08 Å². The number of rotatable bonds is 2. The second-order valence-corrected chi connectivity index (χ2v) is 4.12. The molecule has 4 nitrogen and oxygen atoms in total. The predicted octanol–water partition coefficient (Wildman–Crippen LogP) is -0.320. The van der Waals surface area contributed by atoms with Crippen molar-refractivity contribution < 1.29 is 20.1 Å². The third-order valence-corrected chi connectivity index (χ3v) is 3.07. The maximum Gasteiger partial charge on any atom is 0.109 e. The van der Waals surface area contributed by atoms with Crippen LogP contribution in [0.15, 0.2) is 12.7 Å². The lowest BCUT2D eigenvalue weighted by atomic mass is 9.69. The van der Waals surface area contributed by atoms with Gasteiger partial charge in [0, 0.05) is 12.5 Å². The first-order valence-corrected chi connectivity index (χ1v) is 4.67. The van der Waals surface area contributed by atoms with Gasteiger partial charge in [0.25, 0.3) is 0 Å². The van der Waals surface area contributed by atoms with Crippen LogP contribution in [0.5, 0.6) is 0 Å². The van der Waals surface area contributed by atoms with Crippen LogP contribution in [-0.4, -0.2) is 46.8 Å². The third kappa shape index (κ3) is 1.70. The Balaban J connectivity index is 2.93. The van der Waals surface area contributed by atoms with Crippen LogP contribution < -0.4 is 0 Å². The minimum absolute atomic E-state index is 0.341. The fraction of sp³-hybridized carbons (Fsp3) is 0.800. The zero-order valence-corrected chi connectivity index (χ0v) is 8.55. The maximum atomic E-state index is 9.69. The second kappa shape index (κ2) is 3.98. The van der Waals surface area contributed by atoms with Crippen molar-refractivity contribution in [1.82, 2.24) is 0 Å². The lowest BCUT2D eigenvalue weighted by molar-refractivity contribution is -0.182. The summed E-state index contributed by atoms with van der Waals surface area (Å²) in [4.78, 5) is 0. The van der Waals surface area contributed by atoms with E-state index < -0.39 is 29.8 Å². The van der Waals surface area contributed by atoms with Gasteiger partial charge in [-0.05, 0) is 6.42 Å². The van der Waals surface area contributed by atoms with Crippen molar-refractivity contribution in [3.8, 4) is 0 Å². The highest BCUT2D eigenvalue weighted by atomic mass is 16.5. The molecule has 1 aliphatic carbocycles. The molecule has 0 aromatic carbocycles. The highest BCUT2D eigenvalue weighted by molar-refractivity contribution is 5.07. The minimum Gasteiger partial charge on any atom is -0.390 e. The van der Waals surface area contributed by atoms with Gasteiger partial charge in [-0.2, -0.15) is 0 Å². The summed E-state index contributed by atoms with van der Waals surface area (Å²) in [5.41, 5.74) is -0.507. The Morgan fingerprint density at radius 1 is 1.36 bits per heavy atom. The summed E-state index contributed by atoms with van der Waals surface area (Å²) >= 11 is 0. The van der Waals surface area contributed by atoms with Gasteiger partial charge in [0.15, 0.2) is 0 Å². The third-order valence-electron chi connectivity index (χ3n) is 3.07. The molecule has 0 radical (unpaired) electrons. The molecule has 82 valence electrons. The topological polar surface area (TPSA) is 69.9 Å². The summed E-state index contributed by atoms with van der Waals surface area (Å²) in [5, 5.41) is 28.7. The van der Waals surface area contributed by atoms with Crippen LogP contribution >= 0.6 is 0 Å². The molecule has 1 fully saturated rings.